The Bertz CT molecular complexity index is 492. The fraction of sp³-hybridized carbons (Fsp3) is 0.650. The average Bonchev–Trinajstić information content (AvgIpc) is 2.56. The zero-order valence-corrected chi connectivity index (χ0v) is 15.1. The number of rotatable bonds is 6. The van der Waals surface area contributed by atoms with Gasteiger partial charge in [-0.05, 0) is 50.3 Å². The zero-order valence-electron chi connectivity index (χ0n) is 15.1. The van der Waals surface area contributed by atoms with E-state index in [4.69, 9.17) is 0 Å². The van der Waals surface area contributed by atoms with Crippen LogP contribution in [0.2, 0.25) is 0 Å². The molecule has 1 aliphatic rings. The molecule has 0 saturated carbocycles. The van der Waals surface area contributed by atoms with Gasteiger partial charge in [0.15, 0.2) is 0 Å². The summed E-state index contributed by atoms with van der Waals surface area (Å²) in [7, 11) is 0. The predicted octanol–water partition coefficient (Wildman–Crippen LogP) is 3.49. The monoisotopic (exact) mass is 316 g/mol. The summed E-state index contributed by atoms with van der Waals surface area (Å²) in [6.07, 6.45) is 3.03. The van der Waals surface area contributed by atoms with Gasteiger partial charge in [0.2, 0.25) is 5.91 Å². The molecule has 2 unspecified atom stereocenters. The van der Waals surface area contributed by atoms with Crippen molar-refractivity contribution in [3.8, 4) is 0 Å². The van der Waals surface area contributed by atoms with Crippen LogP contribution in [0.4, 0.5) is 0 Å². The van der Waals surface area contributed by atoms with Gasteiger partial charge in [0.1, 0.15) is 0 Å². The van der Waals surface area contributed by atoms with Crippen molar-refractivity contribution in [1.29, 1.82) is 0 Å². The smallest absolute Gasteiger partial charge is 0.220 e. The first kappa shape index (κ1) is 18.0. The quantitative estimate of drug-likeness (QED) is 0.843. The van der Waals surface area contributed by atoms with Crippen molar-refractivity contribution in [3.63, 3.8) is 0 Å². The van der Waals surface area contributed by atoms with Crippen LogP contribution in [-0.2, 0) is 10.2 Å². The van der Waals surface area contributed by atoms with Gasteiger partial charge in [-0.1, -0.05) is 51.1 Å². The second kappa shape index (κ2) is 7.96. The number of amides is 1. The minimum atomic E-state index is -0.0745. The zero-order chi connectivity index (χ0) is 16.9. The Morgan fingerprint density at radius 3 is 2.43 bits per heavy atom. The van der Waals surface area contributed by atoms with Gasteiger partial charge < -0.3 is 10.6 Å². The van der Waals surface area contributed by atoms with Crippen molar-refractivity contribution in [2.24, 2.45) is 11.8 Å². The maximum atomic E-state index is 12.5. The van der Waals surface area contributed by atoms with E-state index in [2.05, 4.69) is 62.6 Å². The first-order valence-electron chi connectivity index (χ1n) is 8.97. The highest BCUT2D eigenvalue weighted by Crippen LogP contribution is 2.28. The summed E-state index contributed by atoms with van der Waals surface area (Å²) in [5.41, 5.74) is 1.19. The molecule has 1 saturated heterocycles. The molecule has 23 heavy (non-hydrogen) atoms. The lowest BCUT2D eigenvalue weighted by molar-refractivity contribution is -0.123. The van der Waals surface area contributed by atoms with Crippen LogP contribution in [0.25, 0.3) is 0 Å². The van der Waals surface area contributed by atoms with Gasteiger partial charge in [0, 0.05) is 17.9 Å². The molecule has 0 aliphatic carbocycles. The SMILES string of the molecule is CC(CC(=O)NC(C)C(C)(C)c1ccccc1)C1CCNCC1. The molecule has 3 heteroatoms. The van der Waals surface area contributed by atoms with Crippen LogP contribution in [0.5, 0.6) is 0 Å². The van der Waals surface area contributed by atoms with Crippen LogP contribution in [0.1, 0.15) is 52.5 Å². The number of carbonyl (C=O) groups excluding carboxylic acids is 1. The van der Waals surface area contributed by atoms with E-state index in [-0.39, 0.29) is 17.4 Å². The van der Waals surface area contributed by atoms with Gasteiger partial charge in [-0.3, -0.25) is 4.79 Å². The molecule has 1 amide bonds. The lowest BCUT2D eigenvalue weighted by Gasteiger charge is -2.34. The second-order valence-electron chi connectivity index (χ2n) is 7.65. The maximum Gasteiger partial charge on any atom is 0.220 e. The Balaban J connectivity index is 1.88. The summed E-state index contributed by atoms with van der Waals surface area (Å²) < 4.78 is 0. The summed E-state index contributed by atoms with van der Waals surface area (Å²) in [6.45, 7) is 10.9. The molecule has 3 nitrogen and oxygen atoms in total. The third-order valence-corrected chi connectivity index (χ3v) is 5.67. The molecule has 0 radical (unpaired) electrons. The molecule has 1 heterocycles. The minimum Gasteiger partial charge on any atom is -0.353 e. The van der Waals surface area contributed by atoms with Gasteiger partial charge in [0.05, 0.1) is 0 Å². The van der Waals surface area contributed by atoms with Crippen LogP contribution in [-0.4, -0.2) is 25.0 Å². The van der Waals surface area contributed by atoms with E-state index in [1.807, 2.05) is 6.07 Å². The molecule has 1 fully saturated rings. The van der Waals surface area contributed by atoms with E-state index in [1.54, 1.807) is 0 Å². The average molecular weight is 316 g/mol. The standard InChI is InChI=1S/C20H32N2O/c1-15(17-10-12-21-13-11-17)14-19(23)22-16(2)20(3,4)18-8-6-5-7-9-18/h5-9,15-17,21H,10-14H2,1-4H3,(H,22,23). The molecule has 0 aromatic heterocycles. The van der Waals surface area contributed by atoms with E-state index in [0.29, 0.717) is 18.3 Å². The topological polar surface area (TPSA) is 41.1 Å². The van der Waals surface area contributed by atoms with Crippen molar-refractivity contribution < 1.29 is 4.79 Å². The Hall–Kier alpha value is -1.35. The van der Waals surface area contributed by atoms with Crippen LogP contribution < -0.4 is 10.6 Å². The number of hydrogen-bond acceptors (Lipinski definition) is 2. The van der Waals surface area contributed by atoms with Crippen molar-refractivity contribution in [3.05, 3.63) is 35.9 Å². The van der Waals surface area contributed by atoms with E-state index in [0.717, 1.165) is 13.1 Å². The van der Waals surface area contributed by atoms with Gasteiger partial charge in [-0.2, -0.15) is 0 Å². The van der Waals surface area contributed by atoms with Gasteiger partial charge in [0.25, 0.3) is 0 Å². The molecule has 128 valence electrons. The molecule has 2 N–H and O–H groups in total. The summed E-state index contributed by atoms with van der Waals surface area (Å²) >= 11 is 0. The van der Waals surface area contributed by atoms with Crippen LogP contribution >= 0.6 is 0 Å². The van der Waals surface area contributed by atoms with E-state index in [9.17, 15) is 4.79 Å². The van der Waals surface area contributed by atoms with Gasteiger partial charge >= 0.3 is 0 Å². The number of hydrogen-bond donors (Lipinski definition) is 2. The van der Waals surface area contributed by atoms with Crippen LogP contribution in [0, 0.1) is 11.8 Å². The maximum absolute atomic E-state index is 12.5. The number of nitrogens with one attached hydrogen (secondary N) is 2. The first-order chi connectivity index (χ1) is 10.9. The molecular formula is C20H32N2O. The molecule has 1 aromatic rings. The Morgan fingerprint density at radius 2 is 1.83 bits per heavy atom. The largest absolute Gasteiger partial charge is 0.353 e. The Kier molecular flexibility index (Phi) is 6.23. The molecule has 2 rings (SSSR count). The van der Waals surface area contributed by atoms with Crippen LogP contribution in [0.3, 0.4) is 0 Å². The highest BCUT2D eigenvalue weighted by molar-refractivity contribution is 5.76. The summed E-state index contributed by atoms with van der Waals surface area (Å²) in [5, 5.41) is 6.63. The Morgan fingerprint density at radius 1 is 1.22 bits per heavy atom. The molecule has 1 aromatic carbocycles. The third-order valence-electron chi connectivity index (χ3n) is 5.67. The predicted molar refractivity (Wildman–Crippen MR) is 96.4 cm³/mol. The molecule has 1 aliphatic heterocycles. The van der Waals surface area contributed by atoms with Crippen molar-refractivity contribution >= 4 is 5.91 Å². The fourth-order valence-corrected chi connectivity index (χ4v) is 3.47. The number of benzene rings is 1. The van der Waals surface area contributed by atoms with Crippen molar-refractivity contribution in [2.75, 3.05) is 13.1 Å². The summed E-state index contributed by atoms with van der Waals surface area (Å²) in [4.78, 5) is 12.5. The fourth-order valence-electron chi connectivity index (χ4n) is 3.47. The minimum absolute atomic E-state index is 0.0745. The number of carbonyl (C=O) groups is 1. The molecule has 0 bridgehead atoms. The third kappa shape index (κ3) is 4.81. The summed E-state index contributed by atoms with van der Waals surface area (Å²) in [5.74, 6) is 1.33. The molecule has 2 atom stereocenters. The van der Waals surface area contributed by atoms with Gasteiger partial charge in [-0.25, -0.2) is 0 Å². The number of piperidine rings is 1. The molecular weight excluding hydrogens is 284 g/mol. The lowest BCUT2D eigenvalue weighted by Crippen LogP contribution is -2.46. The molecule has 0 spiro atoms. The van der Waals surface area contributed by atoms with Crippen molar-refractivity contribution in [2.45, 2.75) is 58.4 Å². The first-order valence-corrected chi connectivity index (χ1v) is 8.97. The van der Waals surface area contributed by atoms with E-state index in [1.165, 1.54) is 18.4 Å². The highest BCUT2D eigenvalue weighted by Gasteiger charge is 2.30. The lowest BCUT2D eigenvalue weighted by atomic mass is 9.78. The highest BCUT2D eigenvalue weighted by atomic mass is 16.1. The van der Waals surface area contributed by atoms with E-state index >= 15 is 0 Å². The Labute approximate surface area is 141 Å². The van der Waals surface area contributed by atoms with Gasteiger partial charge in [-0.15, -0.1) is 0 Å². The van der Waals surface area contributed by atoms with E-state index < -0.39 is 0 Å². The van der Waals surface area contributed by atoms with Crippen molar-refractivity contribution in [1.82, 2.24) is 10.6 Å². The second-order valence-corrected chi connectivity index (χ2v) is 7.65. The summed E-state index contributed by atoms with van der Waals surface area (Å²) in [6, 6.07) is 10.5. The van der Waals surface area contributed by atoms with Crippen LogP contribution in [0.15, 0.2) is 30.3 Å². The normalized spacial score (nSPS) is 19.1.